The molecule has 7 heteroatoms. The van der Waals surface area contributed by atoms with E-state index in [1.54, 1.807) is 42.5 Å². The van der Waals surface area contributed by atoms with Gasteiger partial charge >= 0.3 is 0 Å². The van der Waals surface area contributed by atoms with Gasteiger partial charge in [0.15, 0.2) is 23.5 Å². The number of pyridine rings is 1. The molecule has 0 saturated carbocycles. The van der Waals surface area contributed by atoms with Crippen molar-refractivity contribution in [3.8, 4) is 23.0 Å². The summed E-state index contributed by atoms with van der Waals surface area (Å²) in [6, 6.07) is 14.1. The summed E-state index contributed by atoms with van der Waals surface area (Å²) in [6.45, 7) is 0. The van der Waals surface area contributed by atoms with Crippen molar-refractivity contribution in [3.63, 3.8) is 0 Å². The lowest BCUT2D eigenvalue weighted by molar-refractivity contribution is 0.0997. The quantitative estimate of drug-likeness (QED) is 0.487. The lowest BCUT2D eigenvalue weighted by Crippen LogP contribution is -2.13. The molecule has 4 aromatic rings. The van der Waals surface area contributed by atoms with E-state index in [2.05, 4.69) is 4.98 Å². The van der Waals surface area contributed by atoms with Crippen LogP contribution in [0.2, 0.25) is 0 Å². The Hall–Kier alpha value is -4.13. The lowest BCUT2D eigenvalue weighted by Gasteiger charge is -2.15. The predicted octanol–water partition coefficient (Wildman–Crippen LogP) is 4.11. The molecule has 0 radical (unpaired) electrons. The fraction of sp³-hybridized carbons (Fsp3) is 0.0870. The third-order valence-corrected chi connectivity index (χ3v) is 4.82. The number of amides is 1. The molecular formula is C23H18N2O5. The molecule has 0 saturated heterocycles. The molecule has 0 fully saturated rings. The van der Waals surface area contributed by atoms with Crippen LogP contribution in [0.5, 0.6) is 23.0 Å². The van der Waals surface area contributed by atoms with Crippen molar-refractivity contribution < 1.29 is 23.8 Å². The van der Waals surface area contributed by atoms with E-state index in [9.17, 15) is 9.59 Å². The number of hydrogen-bond donors (Lipinski definition) is 1. The topological polar surface area (TPSA) is 101 Å². The minimum Gasteiger partial charge on any atom is -0.493 e. The molecule has 0 aliphatic rings. The number of fused-ring (bicyclic) bond motifs is 2. The largest absolute Gasteiger partial charge is 0.493 e. The molecule has 0 atom stereocenters. The lowest BCUT2D eigenvalue weighted by atomic mass is 10.1. The maximum atomic E-state index is 12.0. The number of hydrogen-bond acceptors (Lipinski definition) is 6. The van der Waals surface area contributed by atoms with Crippen LogP contribution in [0.1, 0.15) is 20.7 Å². The standard InChI is InChI=1S/C23H18N2O5/c1-28-20-9-17-19(10-21(20)29-2)25-11-18(23(24)27)22(17)30-15-6-7-16-13(8-15)4-3-5-14(16)12-26/h3-12H,1-2H3,(H2,24,27). The van der Waals surface area contributed by atoms with Gasteiger partial charge in [-0.05, 0) is 35.0 Å². The number of benzene rings is 3. The number of primary amides is 1. The smallest absolute Gasteiger partial charge is 0.254 e. The number of carbonyl (C=O) groups excluding carboxylic acids is 2. The molecule has 1 aromatic heterocycles. The van der Waals surface area contributed by atoms with Gasteiger partial charge in [-0.25, -0.2) is 0 Å². The molecule has 0 spiro atoms. The highest BCUT2D eigenvalue weighted by Gasteiger charge is 2.18. The summed E-state index contributed by atoms with van der Waals surface area (Å²) in [5.74, 6) is 1.04. The Labute approximate surface area is 172 Å². The first-order chi connectivity index (χ1) is 14.5. The highest BCUT2D eigenvalue weighted by Crippen LogP contribution is 2.39. The summed E-state index contributed by atoms with van der Waals surface area (Å²) >= 11 is 0. The molecule has 4 rings (SSSR count). The van der Waals surface area contributed by atoms with Crippen LogP contribution in [0.3, 0.4) is 0 Å². The number of rotatable bonds is 6. The number of nitrogens with two attached hydrogens (primary N) is 1. The zero-order valence-corrected chi connectivity index (χ0v) is 16.3. The molecule has 0 aliphatic carbocycles. The summed E-state index contributed by atoms with van der Waals surface area (Å²) < 4.78 is 16.8. The Bertz CT molecular complexity index is 1300. The molecule has 150 valence electrons. The molecule has 30 heavy (non-hydrogen) atoms. The normalized spacial score (nSPS) is 10.7. The van der Waals surface area contributed by atoms with Crippen LogP contribution in [-0.4, -0.2) is 31.4 Å². The second-order valence-corrected chi connectivity index (χ2v) is 6.54. The van der Waals surface area contributed by atoms with E-state index in [0.29, 0.717) is 33.7 Å². The van der Waals surface area contributed by atoms with Gasteiger partial charge in [-0.3, -0.25) is 14.6 Å². The van der Waals surface area contributed by atoms with Gasteiger partial charge in [0, 0.05) is 23.2 Å². The van der Waals surface area contributed by atoms with Crippen LogP contribution in [0.4, 0.5) is 0 Å². The first-order valence-electron chi connectivity index (χ1n) is 9.06. The first-order valence-corrected chi connectivity index (χ1v) is 9.06. The van der Waals surface area contributed by atoms with Crippen LogP contribution in [0, 0.1) is 0 Å². The maximum Gasteiger partial charge on any atom is 0.254 e. The van der Waals surface area contributed by atoms with E-state index in [1.165, 1.54) is 20.4 Å². The van der Waals surface area contributed by atoms with Crippen LogP contribution >= 0.6 is 0 Å². The summed E-state index contributed by atoms with van der Waals surface area (Å²) in [5, 5.41) is 2.18. The Morgan fingerprint density at radius 2 is 1.77 bits per heavy atom. The molecule has 0 aliphatic heterocycles. The van der Waals surface area contributed by atoms with Gasteiger partial charge < -0.3 is 19.9 Å². The fourth-order valence-corrected chi connectivity index (χ4v) is 3.35. The maximum absolute atomic E-state index is 12.0. The second kappa shape index (κ2) is 7.71. The van der Waals surface area contributed by atoms with Crippen molar-refractivity contribution in [2.45, 2.75) is 0 Å². The number of ether oxygens (including phenoxy) is 3. The van der Waals surface area contributed by atoms with E-state index in [1.807, 2.05) is 6.07 Å². The van der Waals surface area contributed by atoms with Crippen LogP contribution in [0.25, 0.3) is 21.7 Å². The van der Waals surface area contributed by atoms with Gasteiger partial charge in [0.1, 0.15) is 11.3 Å². The van der Waals surface area contributed by atoms with Crippen molar-refractivity contribution in [3.05, 3.63) is 65.9 Å². The third-order valence-electron chi connectivity index (χ3n) is 4.82. The summed E-state index contributed by atoms with van der Waals surface area (Å²) in [5.41, 5.74) is 6.83. The summed E-state index contributed by atoms with van der Waals surface area (Å²) in [4.78, 5) is 27.6. The van der Waals surface area contributed by atoms with Gasteiger partial charge in [0.2, 0.25) is 0 Å². The van der Waals surface area contributed by atoms with Crippen LogP contribution < -0.4 is 19.9 Å². The van der Waals surface area contributed by atoms with Gasteiger partial charge in [0.05, 0.1) is 19.7 Å². The number of carbonyl (C=O) groups is 2. The average molecular weight is 402 g/mol. The summed E-state index contributed by atoms with van der Waals surface area (Å²) in [6.07, 6.45) is 2.18. The van der Waals surface area contributed by atoms with E-state index in [-0.39, 0.29) is 11.3 Å². The van der Waals surface area contributed by atoms with Crippen LogP contribution in [-0.2, 0) is 0 Å². The Balaban J connectivity index is 1.90. The van der Waals surface area contributed by atoms with E-state index in [4.69, 9.17) is 19.9 Å². The Kier molecular flexibility index (Phi) is 4.93. The van der Waals surface area contributed by atoms with E-state index < -0.39 is 5.91 Å². The Morgan fingerprint density at radius 3 is 2.47 bits per heavy atom. The molecule has 0 bridgehead atoms. The molecule has 7 nitrogen and oxygen atoms in total. The summed E-state index contributed by atoms with van der Waals surface area (Å²) in [7, 11) is 3.05. The third kappa shape index (κ3) is 3.26. The number of nitrogens with zero attached hydrogens (tertiary/aromatic N) is 1. The number of methoxy groups -OCH3 is 2. The number of aromatic nitrogens is 1. The SMILES string of the molecule is COc1cc2ncc(C(N)=O)c(Oc3ccc4c(C=O)cccc4c3)c2cc1OC. The molecular weight excluding hydrogens is 384 g/mol. The Morgan fingerprint density at radius 1 is 1.00 bits per heavy atom. The van der Waals surface area contributed by atoms with Gasteiger partial charge in [-0.1, -0.05) is 18.2 Å². The highest BCUT2D eigenvalue weighted by molar-refractivity contribution is 6.03. The number of aldehydes is 1. The van der Waals surface area contributed by atoms with Crippen molar-refractivity contribution in [2.24, 2.45) is 5.73 Å². The van der Waals surface area contributed by atoms with Crippen molar-refractivity contribution in [1.82, 2.24) is 4.98 Å². The minimum absolute atomic E-state index is 0.136. The highest BCUT2D eigenvalue weighted by atomic mass is 16.5. The second-order valence-electron chi connectivity index (χ2n) is 6.54. The van der Waals surface area contributed by atoms with Gasteiger partial charge in [-0.2, -0.15) is 0 Å². The first kappa shape index (κ1) is 19.2. The van der Waals surface area contributed by atoms with Crippen molar-refractivity contribution in [2.75, 3.05) is 14.2 Å². The van der Waals surface area contributed by atoms with Gasteiger partial charge in [0.25, 0.3) is 5.91 Å². The molecule has 0 unspecified atom stereocenters. The fourth-order valence-electron chi connectivity index (χ4n) is 3.35. The van der Waals surface area contributed by atoms with E-state index in [0.717, 1.165) is 17.1 Å². The average Bonchev–Trinajstić information content (AvgIpc) is 2.77. The molecule has 1 amide bonds. The zero-order chi connectivity index (χ0) is 21.3. The van der Waals surface area contributed by atoms with E-state index >= 15 is 0 Å². The predicted molar refractivity (Wildman–Crippen MR) is 113 cm³/mol. The molecule has 1 heterocycles. The minimum atomic E-state index is -0.668. The van der Waals surface area contributed by atoms with Gasteiger partial charge in [-0.15, -0.1) is 0 Å². The van der Waals surface area contributed by atoms with Crippen molar-refractivity contribution in [1.29, 1.82) is 0 Å². The zero-order valence-electron chi connectivity index (χ0n) is 16.3. The molecule has 3 aromatic carbocycles. The van der Waals surface area contributed by atoms with Crippen LogP contribution in [0.15, 0.2) is 54.7 Å². The molecule has 2 N–H and O–H groups in total. The monoisotopic (exact) mass is 402 g/mol. The van der Waals surface area contributed by atoms with Crippen molar-refractivity contribution >= 4 is 33.9 Å².